The molecule has 3 heteroatoms. The molecule has 0 bridgehead atoms. The van der Waals surface area contributed by atoms with Gasteiger partial charge in [-0.3, -0.25) is 0 Å². The van der Waals surface area contributed by atoms with Crippen LogP contribution in [0.1, 0.15) is 37.5 Å². The Morgan fingerprint density at radius 2 is 2.00 bits per heavy atom. The zero-order chi connectivity index (χ0) is 12.5. The Morgan fingerprint density at radius 3 is 2.83 bits per heavy atom. The molecule has 0 amide bonds. The quantitative estimate of drug-likeness (QED) is 0.878. The van der Waals surface area contributed by atoms with Gasteiger partial charge in [0.1, 0.15) is 5.82 Å². The Morgan fingerprint density at radius 1 is 1.22 bits per heavy atom. The first-order valence-electron chi connectivity index (χ1n) is 6.92. The largest absolute Gasteiger partial charge is 0.324 e. The second kappa shape index (κ2) is 4.73. The maximum Gasteiger partial charge on any atom is 0.107 e. The van der Waals surface area contributed by atoms with Crippen molar-refractivity contribution in [3.63, 3.8) is 0 Å². The number of nitrogens with one attached hydrogen (secondary N) is 1. The third-order valence-electron chi connectivity index (χ3n) is 4.20. The van der Waals surface area contributed by atoms with Gasteiger partial charge in [0.2, 0.25) is 0 Å². The lowest BCUT2D eigenvalue weighted by molar-refractivity contribution is 0.276. The lowest BCUT2D eigenvalue weighted by atomic mass is 9.90. The molecule has 2 aromatic rings. The van der Waals surface area contributed by atoms with E-state index in [0.29, 0.717) is 12.1 Å². The van der Waals surface area contributed by atoms with Gasteiger partial charge in [-0.25, -0.2) is 4.98 Å². The van der Waals surface area contributed by atoms with Crippen molar-refractivity contribution in [3.8, 4) is 0 Å². The van der Waals surface area contributed by atoms with Crippen molar-refractivity contribution < 1.29 is 0 Å². The average Bonchev–Trinajstić information content (AvgIpc) is 2.74. The van der Waals surface area contributed by atoms with Gasteiger partial charge >= 0.3 is 0 Å². The number of likely N-dealkylation sites (N-methyl/N-ethyl adjacent to an activating group) is 1. The normalized spacial score (nSPS) is 24.6. The predicted octanol–water partition coefficient (Wildman–Crippen LogP) is 3.05. The van der Waals surface area contributed by atoms with Gasteiger partial charge in [0.25, 0.3) is 0 Å². The highest BCUT2D eigenvalue weighted by Crippen LogP contribution is 2.32. The molecule has 0 aliphatic heterocycles. The first-order chi connectivity index (χ1) is 8.81. The van der Waals surface area contributed by atoms with Crippen LogP contribution in [0.5, 0.6) is 0 Å². The Kier molecular flexibility index (Phi) is 3.08. The molecular weight excluding hydrogens is 222 g/mol. The zero-order valence-electron chi connectivity index (χ0n) is 11.2. The SMILES string of the molecule is CNC1CCCCC1n1c(C)nc2ccccc21. The molecule has 0 spiro atoms. The minimum Gasteiger partial charge on any atom is -0.324 e. The average molecular weight is 243 g/mol. The highest BCUT2D eigenvalue weighted by atomic mass is 15.1. The third-order valence-corrected chi connectivity index (χ3v) is 4.20. The maximum absolute atomic E-state index is 4.69. The molecule has 1 aromatic carbocycles. The van der Waals surface area contributed by atoms with Crippen molar-refractivity contribution in [1.82, 2.24) is 14.9 Å². The second-order valence-electron chi connectivity index (χ2n) is 5.26. The number of nitrogens with zero attached hydrogens (tertiary/aromatic N) is 2. The van der Waals surface area contributed by atoms with Crippen molar-refractivity contribution in [3.05, 3.63) is 30.1 Å². The summed E-state index contributed by atoms with van der Waals surface area (Å²) >= 11 is 0. The fraction of sp³-hybridized carbons (Fsp3) is 0.533. The fourth-order valence-electron chi connectivity index (χ4n) is 3.34. The van der Waals surface area contributed by atoms with Crippen LogP contribution in [0.25, 0.3) is 11.0 Å². The van der Waals surface area contributed by atoms with Crippen LogP contribution in [0.15, 0.2) is 24.3 Å². The summed E-state index contributed by atoms with van der Waals surface area (Å²) in [6, 6.07) is 9.60. The summed E-state index contributed by atoms with van der Waals surface area (Å²) in [5.74, 6) is 1.14. The number of fused-ring (bicyclic) bond motifs is 1. The van der Waals surface area contributed by atoms with E-state index < -0.39 is 0 Å². The van der Waals surface area contributed by atoms with E-state index in [4.69, 9.17) is 4.98 Å². The van der Waals surface area contributed by atoms with Gasteiger partial charge in [-0.2, -0.15) is 0 Å². The molecule has 1 N–H and O–H groups in total. The maximum atomic E-state index is 4.69. The van der Waals surface area contributed by atoms with Crippen LogP contribution < -0.4 is 5.32 Å². The topological polar surface area (TPSA) is 29.9 Å². The molecular formula is C15H21N3. The zero-order valence-corrected chi connectivity index (χ0v) is 11.2. The van der Waals surface area contributed by atoms with Crippen molar-refractivity contribution in [2.75, 3.05) is 7.05 Å². The molecule has 96 valence electrons. The molecule has 3 rings (SSSR count). The summed E-state index contributed by atoms with van der Waals surface area (Å²) < 4.78 is 2.44. The summed E-state index contributed by atoms with van der Waals surface area (Å²) in [6.45, 7) is 2.13. The highest BCUT2D eigenvalue weighted by molar-refractivity contribution is 5.76. The lowest BCUT2D eigenvalue weighted by Gasteiger charge is -2.33. The summed E-state index contributed by atoms with van der Waals surface area (Å²) in [6.07, 6.45) is 5.20. The molecule has 1 fully saturated rings. The predicted molar refractivity (Wildman–Crippen MR) is 74.8 cm³/mol. The summed E-state index contributed by atoms with van der Waals surface area (Å²) in [7, 11) is 2.08. The number of benzene rings is 1. The molecule has 1 aliphatic rings. The van der Waals surface area contributed by atoms with Crippen LogP contribution >= 0.6 is 0 Å². The van der Waals surface area contributed by atoms with E-state index in [2.05, 4.69) is 48.1 Å². The molecule has 0 radical (unpaired) electrons. The minimum atomic E-state index is 0.552. The molecule has 0 saturated heterocycles. The van der Waals surface area contributed by atoms with Gasteiger partial charge in [0, 0.05) is 6.04 Å². The Bertz CT molecular complexity index is 544. The van der Waals surface area contributed by atoms with E-state index in [-0.39, 0.29) is 0 Å². The summed E-state index contributed by atoms with van der Waals surface area (Å²) in [5.41, 5.74) is 2.40. The van der Waals surface area contributed by atoms with Crippen LogP contribution in [0.4, 0.5) is 0 Å². The first kappa shape index (κ1) is 11.7. The van der Waals surface area contributed by atoms with Gasteiger partial charge in [0.05, 0.1) is 17.1 Å². The van der Waals surface area contributed by atoms with Crippen molar-refractivity contribution >= 4 is 11.0 Å². The van der Waals surface area contributed by atoms with Crippen LogP contribution in [-0.4, -0.2) is 22.6 Å². The van der Waals surface area contributed by atoms with Gasteiger partial charge in [0.15, 0.2) is 0 Å². The van der Waals surface area contributed by atoms with Crippen LogP contribution in [0.2, 0.25) is 0 Å². The lowest BCUT2D eigenvalue weighted by Crippen LogP contribution is -2.38. The fourth-order valence-corrected chi connectivity index (χ4v) is 3.34. The molecule has 3 nitrogen and oxygen atoms in total. The van der Waals surface area contributed by atoms with Gasteiger partial charge in [-0.1, -0.05) is 25.0 Å². The van der Waals surface area contributed by atoms with Crippen LogP contribution in [0, 0.1) is 6.92 Å². The van der Waals surface area contributed by atoms with E-state index in [1.165, 1.54) is 31.2 Å². The van der Waals surface area contributed by atoms with E-state index in [1.54, 1.807) is 0 Å². The van der Waals surface area contributed by atoms with Gasteiger partial charge in [-0.05, 0) is 38.9 Å². The second-order valence-corrected chi connectivity index (χ2v) is 5.26. The first-order valence-corrected chi connectivity index (χ1v) is 6.92. The number of rotatable bonds is 2. The number of aromatic nitrogens is 2. The molecule has 1 saturated carbocycles. The van der Waals surface area contributed by atoms with E-state index in [9.17, 15) is 0 Å². The Labute approximate surface area is 108 Å². The minimum absolute atomic E-state index is 0.552. The molecule has 18 heavy (non-hydrogen) atoms. The third kappa shape index (κ3) is 1.83. The number of para-hydroxylation sites is 2. The van der Waals surface area contributed by atoms with Crippen molar-refractivity contribution in [1.29, 1.82) is 0 Å². The van der Waals surface area contributed by atoms with E-state index in [1.807, 2.05) is 0 Å². The molecule has 1 heterocycles. The van der Waals surface area contributed by atoms with E-state index in [0.717, 1.165) is 11.3 Å². The van der Waals surface area contributed by atoms with Gasteiger partial charge in [-0.15, -0.1) is 0 Å². The molecule has 1 aromatic heterocycles. The van der Waals surface area contributed by atoms with Crippen molar-refractivity contribution in [2.45, 2.75) is 44.7 Å². The molecule has 2 atom stereocenters. The molecule has 1 aliphatic carbocycles. The number of hydrogen-bond acceptors (Lipinski definition) is 2. The number of aryl methyl sites for hydroxylation is 1. The monoisotopic (exact) mass is 243 g/mol. The highest BCUT2D eigenvalue weighted by Gasteiger charge is 2.27. The number of imidazole rings is 1. The Balaban J connectivity index is 2.09. The van der Waals surface area contributed by atoms with E-state index >= 15 is 0 Å². The standard InChI is InChI=1S/C15H21N3/c1-11-17-13-8-4-6-10-15(13)18(11)14-9-5-3-7-12(14)16-2/h4,6,8,10,12,14,16H,3,5,7,9H2,1-2H3. The Hall–Kier alpha value is -1.35. The summed E-state index contributed by atoms with van der Waals surface area (Å²) in [4.78, 5) is 4.69. The van der Waals surface area contributed by atoms with Gasteiger partial charge < -0.3 is 9.88 Å². The van der Waals surface area contributed by atoms with Crippen molar-refractivity contribution in [2.24, 2.45) is 0 Å². The number of hydrogen-bond donors (Lipinski definition) is 1. The van der Waals surface area contributed by atoms with Crippen LogP contribution in [0.3, 0.4) is 0 Å². The smallest absolute Gasteiger partial charge is 0.107 e. The molecule has 2 unspecified atom stereocenters. The summed E-state index contributed by atoms with van der Waals surface area (Å²) in [5, 5.41) is 3.49. The van der Waals surface area contributed by atoms with Crippen LogP contribution in [-0.2, 0) is 0 Å².